The molecule has 0 amide bonds. The van der Waals surface area contributed by atoms with Crippen molar-refractivity contribution in [2.24, 2.45) is 0 Å². The van der Waals surface area contributed by atoms with Crippen molar-refractivity contribution in [2.75, 3.05) is 7.18 Å². The zero-order valence-corrected chi connectivity index (χ0v) is 5.90. The summed E-state index contributed by atoms with van der Waals surface area (Å²) in [6.45, 7) is 0. The molecule has 0 unspecified atom stereocenters. The van der Waals surface area contributed by atoms with Crippen LogP contribution in [0.2, 0.25) is 0 Å². The van der Waals surface area contributed by atoms with Crippen LogP contribution in [0.5, 0.6) is 0 Å². The number of alkyl halides is 1. The largest absolute Gasteiger partial charge is 0.287 e. The van der Waals surface area contributed by atoms with E-state index in [4.69, 9.17) is 0 Å². The van der Waals surface area contributed by atoms with Gasteiger partial charge in [-0.2, -0.15) is 0 Å². The third kappa shape index (κ3) is 3.24. The summed E-state index contributed by atoms with van der Waals surface area (Å²) in [6.07, 6.45) is 2.70. The summed E-state index contributed by atoms with van der Waals surface area (Å²) in [5, 5.41) is 9.97. The normalized spacial score (nSPS) is 7.82. The van der Waals surface area contributed by atoms with Crippen molar-refractivity contribution in [1.82, 2.24) is 4.98 Å². The lowest BCUT2D eigenvalue weighted by Gasteiger charge is -1.84. The summed E-state index contributed by atoms with van der Waals surface area (Å²) in [5.41, 5.74) is 0.0255. The Balaban J connectivity index is 0.000000461. The van der Waals surface area contributed by atoms with Gasteiger partial charge in [-0.15, -0.1) is 0 Å². The predicted octanol–water partition coefficient (Wildman–Crippen LogP) is 1.58. The number of pyridine rings is 1. The molecule has 0 radical (unpaired) electrons. The number of rotatable bonds is 1. The molecule has 4 nitrogen and oxygen atoms in total. The van der Waals surface area contributed by atoms with Gasteiger partial charge in [0.05, 0.1) is 12.1 Å². The molecule has 0 saturated heterocycles. The highest BCUT2D eigenvalue weighted by Crippen LogP contribution is 2.04. The van der Waals surface area contributed by atoms with Crippen LogP contribution < -0.4 is 0 Å². The first-order valence-corrected chi connectivity index (χ1v) is 2.73. The van der Waals surface area contributed by atoms with Crippen LogP contribution in [0, 0.1) is 10.1 Å². The molecule has 0 aliphatic carbocycles. The average Bonchev–Trinajstić information content (AvgIpc) is 2.10. The van der Waals surface area contributed by atoms with E-state index in [1.807, 2.05) is 0 Å². The molecule has 1 rings (SSSR count). The van der Waals surface area contributed by atoms with Crippen LogP contribution >= 0.6 is 0 Å². The van der Waals surface area contributed by atoms with Gasteiger partial charge in [0.25, 0.3) is 5.69 Å². The van der Waals surface area contributed by atoms with Crippen LogP contribution in [0.4, 0.5) is 10.1 Å². The Morgan fingerprint density at radius 3 is 2.55 bits per heavy atom. The molecule has 0 aliphatic rings. The lowest BCUT2D eigenvalue weighted by Crippen LogP contribution is -1.86. The zero-order chi connectivity index (χ0) is 8.69. The Bertz CT molecular complexity index is 215. The van der Waals surface area contributed by atoms with E-state index in [2.05, 4.69) is 4.98 Å². The first-order chi connectivity index (χ1) is 5.30. The zero-order valence-electron chi connectivity index (χ0n) is 5.90. The highest BCUT2D eigenvalue weighted by atomic mass is 19.1. The summed E-state index contributed by atoms with van der Waals surface area (Å²) in [6, 6.07) is 2.92. The summed E-state index contributed by atoms with van der Waals surface area (Å²) in [4.78, 5) is 13.1. The monoisotopic (exact) mass is 158 g/mol. The van der Waals surface area contributed by atoms with Crippen LogP contribution in [-0.2, 0) is 0 Å². The maximum atomic E-state index is 9.97. The van der Waals surface area contributed by atoms with E-state index in [0.717, 1.165) is 0 Å². The molecular weight excluding hydrogens is 151 g/mol. The highest BCUT2D eigenvalue weighted by Gasteiger charge is 1.99. The average molecular weight is 158 g/mol. The fourth-order valence-corrected chi connectivity index (χ4v) is 0.462. The third-order valence-electron chi connectivity index (χ3n) is 0.857. The molecule has 1 aromatic heterocycles. The van der Waals surface area contributed by atoms with Crippen molar-refractivity contribution in [1.29, 1.82) is 0 Å². The molecular formula is C6H7FN2O2. The molecule has 0 aromatic carbocycles. The number of hydrogen-bond acceptors (Lipinski definition) is 3. The molecule has 11 heavy (non-hydrogen) atoms. The fraction of sp³-hybridized carbons (Fsp3) is 0.167. The molecule has 60 valence electrons. The van der Waals surface area contributed by atoms with Crippen molar-refractivity contribution in [3.63, 3.8) is 0 Å². The van der Waals surface area contributed by atoms with Gasteiger partial charge in [-0.1, -0.05) is 0 Å². The molecule has 0 aliphatic heterocycles. The van der Waals surface area contributed by atoms with E-state index in [1.165, 1.54) is 24.5 Å². The molecule has 1 aromatic rings. The molecule has 1 heterocycles. The second-order valence-corrected chi connectivity index (χ2v) is 1.47. The summed E-state index contributed by atoms with van der Waals surface area (Å²) < 4.78 is 9.50. The van der Waals surface area contributed by atoms with Crippen molar-refractivity contribution in [3.8, 4) is 0 Å². The van der Waals surface area contributed by atoms with E-state index in [1.54, 1.807) is 0 Å². The summed E-state index contributed by atoms with van der Waals surface area (Å²) in [5.74, 6) is 0. The second-order valence-electron chi connectivity index (χ2n) is 1.47. The molecule has 0 fully saturated rings. The molecule has 0 saturated carbocycles. The van der Waals surface area contributed by atoms with Gasteiger partial charge in [-0.05, 0) is 6.07 Å². The van der Waals surface area contributed by atoms with Gasteiger partial charge in [0.15, 0.2) is 0 Å². The van der Waals surface area contributed by atoms with E-state index in [9.17, 15) is 14.5 Å². The van der Waals surface area contributed by atoms with E-state index in [0.29, 0.717) is 7.18 Å². The van der Waals surface area contributed by atoms with Crippen molar-refractivity contribution in [2.45, 2.75) is 0 Å². The number of aromatic nitrogens is 1. The van der Waals surface area contributed by atoms with Crippen molar-refractivity contribution >= 4 is 5.69 Å². The van der Waals surface area contributed by atoms with E-state index >= 15 is 0 Å². The lowest BCUT2D eigenvalue weighted by atomic mass is 10.4. The van der Waals surface area contributed by atoms with Crippen molar-refractivity contribution < 1.29 is 9.31 Å². The topological polar surface area (TPSA) is 56.0 Å². The van der Waals surface area contributed by atoms with Crippen LogP contribution in [0.25, 0.3) is 0 Å². The maximum Gasteiger partial charge on any atom is 0.287 e. The van der Waals surface area contributed by atoms with Crippen LogP contribution in [0.3, 0.4) is 0 Å². The first kappa shape index (κ1) is 9.48. The van der Waals surface area contributed by atoms with Gasteiger partial charge in [0.2, 0.25) is 0 Å². The van der Waals surface area contributed by atoms with Gasteiger partial charge >= 0.3 is 0 Å². The Kier molecular flexibility index (Phi) is 4.55. The number of halogens is 1. The molecule has 5 heteroatoms. The molecule has 0 bridgehead atoms. The van der Waals surface area contributed by atoms with Crippen LogP contribution in [0.15, 0.2) is 24.5 Å². The van der Waals surface area contributed by atoms with Crippen LogP contribution in [0.1, 0.15) is 0 Å². The van der Waals surface area contributed by atoms with Gasteiger partial charge in [-0.25, -0.2) is 0 Å². The predicted molar refractivity (Wildman–Crippen MR) is 37.9 cm³/mol. The SMILES string of the molecule is CF.O=[N+]([O-])c1cccnc1. The number of hydrogen-bond donors (Lipinski definition) is 0. The molecule has 0 spiro atoms. The Labute approximate surface area is 62.8 Å². The Morgan fingerprint density at radius 2 is 2.27 bits per heavy atom. The van der Waals surface area contributed by atoms with Crippen LogP contribution in [-0.4, -0.2) is 17.1 Å². The second kappa shape index (κ2) is 5.28. The smallest absolute Gasteiger partial charge is 0.258 e. The van der Waals surface area contributed by atoms with Gasteiger partial charge in [-0.3, -0.25) is 19.5 Å². The lowest BCUT2D eigenvalue weighted by molar-refractivity contribution is -0.385. The van der Waals surface area contributed by atoms with E-state index < -0.39 is 4.92 Å². The fourth-order valence-electron chi connectivity index (χ4n) is 0.462. The first-order valence-electron chi connectivity index (χ1n) is 2.73. The quantitative estimate of drug-likeness (QED) is 0.460. The Morgan fingerprint density at radius 1 is 1.64 bits per heavy atom. The van der Waals surface area contributed by atoms with E-state index in [-0.39, 0.29) is 5.69 Å². The third-order valence-corrected chi connectivity index (χ3v) is 0.857. The summed E-state index contributed by atoms with van der Waals surface area (Å²) >= 11 is 0. The molecule has 0 atom stereocenters. The standard InChI is InChI=1S/C5H4N2O2.CH3F/c8-7(9)5-2-1-3-6-4-5;1-2/h1-4H;1H3. The molecule has 0 N–H and O–H groups in total. The number of nitrogens with zero attached hydrogens (tertiary/aromatic N) is 2. The Hall–Kier alpha value is -1.52. The van der Waals surface area contributed by atoms with Gasteiger partial charge in [0, 0.05) is 12.3 Å². The van der Waals surface area contributed by atoms with Gasteiger partial charge in [0.1, 0.15) is 6.20 Å². The number of nitro groups is 1. The minimum atomic E-state index is -0.479. The highest BCUT2D eigenvalue weighted by molar-refractivity contribution is 5.23. The maximum absolute atomic E-state index is 9.97. The minimum absolute atomic E-state index is 0.0255. The van der Waals surface area contributed by atoms with Crippen molar-refractivity contribution in [3.05, 3.63) is 34.6 Å². The van der Waals surface area contributed by atoms with Gasteiger partial charge < -0.3 is 0 Å². The minimum Gasteiger partial charge on any atom is -0.258 e. The summed E-state index contributed by atoms with van der Waals surface area (Å²) in [7, 11) is 0.500.